The Kier molecular flexibility index (Phi) is 6.47. The zero-order valence-electron chi connectivity index (χ0n) is 17.5. The number of rotatable bonds is 6. The average molecular weight is 436 g/mol. The van der Waals surface area contributed by atoms with Gasteiger partial charge in [-0.05, 0) is 60.4 Å². The van der Waals surface area contributed by atoms with Crippen molar-refractivity contribution >= 4 is 29.3 Å². The molecule has 1 aliphatic carbocycles. The number of aromatic nitrogens is 1. The quantitative estimate of drug-likeness (QED) is 0.640. The van der Waals surface area contributed by atoms with E-state index in [-0.39, 0.29) is 24.2 Å². The Hall–Kier alpha value is -2.98. The molecule has 0 bridgehead atoms. The summed E-state index contributed by atoms with van der Waals surface area (Å²) in [7, 11) is 0. The van der Waals surface area contributed by atoms with E-state index in [9.17, 15) is 14.9 Å². The molecule has 0 spiro atoms. The van der Waals surface area contributed by atoms with Crippen LogP contribution in [0.1, 0.15) is 39.8 Å². The third-order valence-electron chi connectivity index (χ3n) is 5.80. The van der Waals surface area contributed by atoms with Crippen LogP contribution in [0.25, 0.3) is 6.08 Å². The first-order chi connectivity index (χ1) is 15.0. The number of allylic oxidation sites excluding steroid dienone is 1. The summed E-state index contributed by atoms with van der Waals surface area (Å²) in [6.07, 6.45) is 9.15. The second kappa shape index (κ2) is 9.44. The third kappa shape index (κ3) is 5.02. The van der Waals surface area contributed by atoms with Crippen molar-refractivity contribution in [1.82, 2.24) is 9.88 Å². The minimum atomic E-state index is -0.223. The molecule has 0 radical (unpaired) electrons. The molecule has 2 aromatic rings. The number of likely N-dealkylation sites (tertiary alicyclic amines) is 1. The van der Waals surface area contributed by atoms with Gasteiger partial charge in [0.1, 0.15) is 6.07 Å². The largest absolute Gasteiger partial charge is 0.449 e. The highest BCUT2D eigenvalue weighted by molar-refractivity contribution is 7.12. The molecule has 1 atom stereocenters. The van der Waals surface area contributed by atoms with Crippen molar-refractivity contribution in [2.24, 2.45) is 11.8 Å². The molecule has 1 fully saturated rings. The Balaban J connectivity index is 1.36. The first-order valence-electron chi connectivity index (χ1n) is 10.6. The van der Waals surface area contributed by atoms with Crippen molar-refractivity contribution < 1.29 is 14.3 Å². The molecule has 3 heterocycles. The van der Waals surface area contributed by atoms with Crippen LogP contribution in [0.15, 0.2) is 30.6 Å². The fourth-order valence-corrected chi connectivity index (χ4v) is 5.55. The van der Waals surface area contributed by atoms with Gasteiger partial charge < -0.3 is 9.64 Å². The molecule has 31 heavy (non-hydrogen) atoms. The normalized spacial score (nSPS) is 18.3. The lowest BCUT2D eigenvalue weighted by Gasteiger charge is -2.36. The number of nitriles is 1. The Morgan fingerprint density at radius 1 is 1.42 bits per heavy atom. The fourth-order valence-electron chi connectivity index (χ4n) is 4.12. The maximum atomic E-state index is 12.5. The van der Waals surface area contributed by atoms with Crippen molar-refractivity contribution in [2.75, 3.05) is 19.7 Å². The number of nitrogens with zero attached hydrogens (tertiary/aromatic N) is 3. The van der Waals surface area contributed by atoms with Crippen LogP contribution in [0.2, 0.25) is 0 Å². The summed E-state index contributed by atoms with van der Waals surface area (Å²) in [4.78, 5) is 32.3. The van der Waals surface area contributed by atoms with Crippen LogP contribution < -0.4 is 0 Å². The van der Waals surface area contributed by atoms with Crippen LogP contribution in [0.4, 0.5) is 4.79 Å². The summed E-state index contributed by atoms with van der Waals surface area (Å²) >= 11 is 1.56. The number of carbonyl (C=O) groups excluding carboxylic acids is 2. The summed E-state index contributed by atoms with van der Waals surface area (Å²) in [6, 6.07) is 6.02. The number of thiophene rings is 1. The number of ether oxygens (including phenoxy) is 1. The SMILES string of the molecule is CC1CN(C(=O)OC[C@H]2CCc3c(sc(CC(=O)/C=C/c4cccnc4)c3C#N)C2)C1. The number of amides is 1. The Morgan fingerprint density at radius 3 is 2.97 bits per heavy atom. The first kappa shape index (κ1) is 21.3. The van der Waals surface area contributed by atoms with Crippen molar-refractivity contribution in [3.8, 4) is 6.07 Å². The third-order valence-corrected chi connectivity index (χ3v) is 7.05. The number of hydrogen-bond donors (Lipinski definition) is 0. The predicted molar refractivity (Wildman–Crippen MR) is 119 cm³/mol. The molecule has 160 valence electrons. The minimum absolute atomic E-state index is 0.0341. The second-order valence-corrected chi connectivity index (χ2v) is 9.56. The highest BCUT2D eigenvalue weighted by atomic mass is 32.1. The Bertz CT molecular complexity index is 1030. The molecule has 0 N–H and O–H groups in total. The molecule has 4 rings (SSSR count). The van der Waals surface area contributed by atoms with Gasteiger partial charge in [0.25, 0.3) is 0 Å². The molecule has 1 saturated heterocycles. The van der Waals surface area contributed by atoms with E-state index in [1.54, 1.807) is 40.8 Å². The molecule has 1 amide bonds. The predicted octanol–water partition coefficient (Wildman–Crippen LogP) is 4.03. The molecule has 0 unspecified atom stereocenters. The number of fused-ring (bicyclic) bond motifs is 1. The van der Waals surface area contributed by atoms with Gasteiger partial charge in [-0.15, -0.1) is 11.3 Å². The summed E-state index contributed by atoms with van der Waals surface area (Å²) in [5.41, 5.74) is 2.60. The second-order valence-electron chi connectivity index (χ2n) is 8.37. The van der Waals surface area contributed by atoms with Gasteiger partial charge in [0.15, 0.2) is 5.78 Å². The van der Waals surface area contributed by atoms with Crippen molar-refractivity contribution in [3.63, 3.8) is 0 Å². The lowest BCUT2D eigenvalue weighted by molar-refractivity contribution is -0.113. The van der Waals surface area contributed by atoms with Crippen LogP contribution in [0, 0.1) is 23.2 Å². The smallest absolute Gasteiger partial charge is 0.409 e. The summed E-state index contributed by atoms with van der Waals surface area (Å²) in [5, 5.41) is 9.69. The van der Waals surface area contributed by atoms with Gasteiger partial charge in [-0.25, -0.2) is 4.79 Å². The lowest BCUT2D eigenvalue weighted by Crippen LogP contribution is -2.49. The first-order valence-corrected chi connectivity index (χ1v) is 11.4. The molecule has 6 nitrogen and oxygen atoms in total. The van der Waals surface area contributed by atoms with E-state index in [4.69, 9.17) is 4.74 Å². The topological polar surface area (TPSA) is 83.3 Å². The van der Waals surface area contributed by atoms with E-state index >= 15 is 0 Å². The van der Waals surface area contributed by atoms with Gasteiger partial charge in [-0.1, -0.05) is 13.0 Å². The molecule has 2 aromatic heterocycles. The van der Waals surface area contributed by atoms with E-state index in [1.807, 2.05) is 12.1 Å². The summed E-state index contributed by atoms with van der Waals surface area (Å²) in [6.45, 7) is 4.07. The molecule has 0 saturated carbocycles. The number of ketones is 1. The van der Waals surface area contributed by atoms with Gasteiger partial charge in [0.2, 0.25) is 0 Å². The number of hydrogen-bond acceptors (Lipinski definition) is 6. The van der Waals surface area contributed by atoms with Crippen molar-refractivity contribution in [1.29, 1.82) is 5.26 Å². The van der Waals surface area contributed by atoms with Crippen LogP contribution >= 0.6 is 11.3 Å². The monoisotopic (exact) mass is 435 g/mol. The van der Waals surface area contributed by atoms with E-state index in [0.717, 1.165) is 53.2 Å². The average Bonchev–Trinajstić information content (AvgIpc) is 3.10. The van der Waals surface area contributed by atoms with Gasteiger partial charge in [-0.2, -0.15) is 5.26 Å². The van der Waals surface area contributed by atoms with Crippen molar-refractivity contribution in [2.45, 2.75) is 32.6 Å². The molecule has 0 aromatic carbocycles. The van der Waals surface area contributed by atoms with Gasteiger partial charge in [-0.3, -0.25) is 9.78 Å². The maximum Gasteiger partial charge on any atom is 0.409 e. The zero-order chi connectivity index (χ0) is 21.8. The highest BCUT2D eigenvalue weighted by Gasteiger charge is 2.30. The summed E-state index contributed by atoms with van der Waals surface area (Å²) < 4.78 is 5.51. The van der Waals surface area contributed by atoms with Crippen LogP contribution in [-0.2, 0) is 28.8 Å². The number of pyridine rings is 1. The maximum absolute atomic E-state index is 12.5. The van der Waals surface area contributed by atoms with Crippen LogP contribution in [0.5, 0.6) is 0 Å². The minimum Gasteiger partial charge on any atom is -0.449 e. The van der Waals surface area contributed by atoms with Gasteiger partial charge in [0, 0.05) is 41.7 Å². The van der Waals surface area contributed by atoms with Crippen molar-refractivity contribution in [3.05, 3.63) is 57.0 Å². The fraction of sp³-hybridized carbons (Fsp3) is 0.417. The van der Waals surface area contributed by atoms with E-state index in [2.05, 4.69) is 18.0 Å². The molecular weight excluding hydrogens is 410 g/mol. The van der Waals surface area contributed by atoms with E-state index < -0.39 is 0 Å². The van der Waals surface area contributed by atoms with Gasteiger partial charge >= 0.3 is 6.09 Å². The lowest BCUT2D eigenvalue weighted by atomic mass is 9.87. The van der Waals surface area contributed by atoms with E-state index in [1.165, 1.54) is 0 Å². The van der Waals surface area contributed by atoms with Gasteiger partial charge in [0.05, 0.1) is 12.2 Å². The standard InChI is InChI=1S/C24H25N3O3S/c1-16-13-27(14-16)24(29)30-15-18-5-7-20-21(11-25)23(31-22(20)9-18)10-19(28)6-4-17-3-2-8-26-12-17/h2-4,6,8,12,16,18H,5,7,9-10,13-15H2,1H3/b6-4+/t18-/m0/s1. The molecule has 1 aliphatic heterocycles. The van der Waals surface area contributed by atoms with Crippen LogP contribution in [0.3, 0.4) is 0 Å². The summed E-state index contributed by atoms with van der Waals surface area (Å²) in [5.74, 6) is 0.781. The molecule has 2 aliphatic rings. The highest BCUT2D eigenvalue weighted by Crippen LogP contribution is 2.36. The van der Waals surface area contributed by atoms with Crippen LogP contribution in [-0.4, -0.2) is 41.5 Å². The zero-order valence-corrected chi connectivity index (χ0v) is 18.4. The Labute approximate surface area is 186 Å². The molecule has 7 heteroatoms. The molecular formula is C24H25N3O3S. The number of carbonyl (C=O) groups is 2. The Morgan fingerprint density at radius 2 is 2.26 bits per heavy atom. The van der Waals surface area contributed by atoms with E-state index in [0.29, 0.717) is 18.1 Å².